The fourth-order valence-corrected chi connectivity index (χ4v) is 1.79. The van der Waals surface area contributed by atoms with Crippen molar-refractivity contribution >= 4 is 0 Å². The second-order valence-electron chi connectivity index (χ2n) is 3.36. The van der Waals surface area contributed by atoms with Crippen LogP contribution < -0.4 is 5.73 Å². The molecule has 0 unspecified atom stereocenters. The summed E-state index contributed by atoms with van der Waals surface area (Å²) in [5, 5.41) is 0. The highest BCUT2D eigenvalue weighted by atomic mass is 14.7. The first-order valence-electron chi connectivity index (χ1n) is 4.08. The lowest BCUT2D eigenvalue weighted by molar-refractivity contribution is 0.501. The summed E-state index contributed by atoms with van der Waals surface area (Å²) in [6.07, 6.45) is 1.09. The molecule has 2 atom stereocenters. The van der Waals surface area contributed by atoms with Crippen LogP contribution in [0.15, 0.2) is 24.3 Å². The summed E-state index contributed by atoms with van der Waals surface area (Å²) in [6.45, 7) is 2.15. The summed E-state index contributed by atoms with van der Waals surface area (Å²) in [6, 6.07) is 8.32. The van der Waals surface area contributed by atoms with Crippen LogP contribution in [0.25, 0.3) is 0 Å². The predicted octanol–water partition coefficient (Wildman–Crippen LogP) is 2.20. The molecule has 1 N–H and O–H groups in total. The van der Waals surface area contributed by atoms with Gasteiger partial charge in [0.25, 0.3) is 0 Å². The largest absolute Gasteiger partial charge is 0.249 e. The lowest BCUT2D eigenvalue weighted by Crippen LogP contribution is -2.03. The number of hydrogen-bond acceptors (Lipinski definition) is 0. The first-order chi connectivity index (χ1) is 5.29. The van der Waals surface area contributed by atoms with Gasteiger partial charge >= 0.3 is 0 Å². The SMILES string of the molecule is C[C@H]1Cc2ccccc2[C@H]1[NH]. The molecular weight excluding hydrogens is 134 g/mol. The van der Waals surface area contributed by atoms with E-state index in [0.29, 0.717) is 5.92 Å². The highest BCUT2D eigenvalue weighted by molar-refractivity contribution is 5.34. The lowest BCUT2D eigenvalue weighted by Gasteiger charge is -2.07. The van der Waals surface area contributed by atoms with Crippen LogP contribution in [0.5, 0.6) is 0 Å². The maximum absolute atomic E-state index is 7.82. The van der Waals surface area contributed by atoms with Crippen molar-refractivity contribution in [1.29, 1.82) is 0 Å². The molecule has 0 saturated heterocycles. The van der Waals surface area contributed by atoms with E-state index in [-0.39, 0.29) is 6.04 Å². The van der Waals surface area contributed by atoms with Gasteiger partial charge in [-0.3, -0.25) is 0 Å². The molecule has 1 aromatic rings. The monoisotopic (exact) mass is 146 g/mol. The molecule has 1 heteroatoms. The fourth-order valence-electron chi connectivity index (χ4n) is 1.79. The van der Waals surface area contributed by atoms with Gasteiger partial charge in [-0.15, -0.1) is 0 Å². The Balaban J connectivity index is 2.47. The van der Waals surface area contributed by atoms with Crippen LogP contribution in [-0.4, -0.2) is 0 Å². The van der Waals surface area contributed by atoms with Gasteiger partial charge < -0.3 is 0 Å². The van der Waals surface area contributed by atoms with E-state index in [4.69, 9.17) is 5.73 Å². The molecule has 0 saturated carbocycles. The third-order valence-corrected chi connectivity index (χ3v) is 2.50. The molecule has 0 spiro atoms. The first-order valence-corrected chi connectivity index (χ1v) is 4.08. The van der Waals surface area contributed by atoms with Crippen LogP contribution in [0.4, 0.5) is 0 Å². The summed E-state index contributed by atoms with van der Waals surface area (Å²) in [5.41, 5.74) is 10.4. The summed E-state index contributed by atoms with van der Waals surface area (Å²) >= 11 is 0. The molecular formula is C10H12N. The number of fused-ring (bicyclic) bond motifs is 1. The van der Waals surface area contributed by atoms with Crippen molar-refractivity contribution in [2.45, 2.75) is 19.4 Å². The zero-order chi connectivity index (χ0) is 7.84. The second-order valence-corrected chi connectivity index (χ2v) is 3.36. The van der Waals surface area contributed by atoms with E-state index in [1.54, 1.807) is 0 Å². The smallest absolute Gasteiger partial charge is 0.0494 e. The van der Waals surface area contributed by atoms with Crippen molar-refractivity contribution in [3.8, 4) is 0 Å². The highest BCUT2D eigenvalue weighted by Gasteiger charge is 2.25. The molecule has 1 aliphatic rings. The van der Waals surface area contributed by atoms with Crippen molar-refractivity contribution in [1.82, 2.24) is 5.73 Å². The molecule has 11 heavy (non-hydrogen) atoms. The molecule has 1 nitrogen and oxygen atoms in total. The van der Waals surface area contributed by atoms with Crippen LogP contribution in [-0.2, 0) is 6.42 Å². The zero-order valence-electron chi connectivity index (χ0n) is 6.67. The third kappa shape index (κ3) is 0.962. The Kier molecular flexibility index (Phi) is 1.46. The molecule has 0 bridgehead atoms. The number of rotatable bonds is 0. The molecule has 0 aliphatic heterocycles. The average molecular weight is 146 g/mol. The highest BCUT2D eigenvalue weighted by Crippen LogP contribution is 2.34. The van der Waals surface area contributed by atoms with Gasteiger partial charge in [-0.25, -0.2) is 5.73 Å². The Morgan fingerprint density at radius 2 is 2.09 bits per heavy atom. The Morgan fingerprint density at radius 1 is 1.36 bits per heavy atom. The van der Waals surface area contributed by atoms with Gasteiger partial charge in [0.15, 0.2) is 0 Å². The van der Waals surface area contributed by atoms with Crippen molar-refractivity contribution in [3.05, 3.63) is 35.4 Å². The van der Waals surface area contributed by atoms with Crippen molar-refractivity contribution in [2.24, 2.45) is 5.92 Å². The standard InChI is InChI=1S/C10H12N/c1-7-6-8-4-2-3-5-9(8)10(7)11/h2-5,7,10-11H,6H2,1H3/t7-,10-/m0/s1. The van der Waals surface area contributed by atoms with Crippen LogP contribution in [0.1, 0.15) is 24.1 Å². The van der Waals surface area contributed by atoms with E-state index in [2.05, 4.69) is 25.1 Å². The molecule has 1 aliphatic carbocycles. The average Bonchev–Trinajstić information content (AvgIpc) is 2.30. The molecule has 1 aromatic carbocycles. The number of nitrogens with one attached hydrogen (secondary N) is 1. The summed E-state index contributed by atoms with van der Waals surface area (Å²) in [4.78, 5) is 0. The van der Waals surface area contributed by atoms with Gasteiger partial charge in [0, 0.05) is 6.04 Å². The topological polar surface area (TPSA) is 23.8 Å². The maximum Gasteiger partial charge on any atom is 0.0494 e. The van der Waals surface area contributed by atoms with E-state index in [1.165, 1.54) is 11.1 Å². The molecule has 2 rings (SSSR count). The Bertz CT molecular complexity index is 267. The van der Waals surface area contributed by atoms with Crippen LogP contribution in [0.2, 0.25) is 0 Å². The van der Waals surface area contributed by atoms with E-state index in [0.717, 1.165) is 6.42 Å². The summed E-state index contributed by atoms with van der Waals surface area (Å²) < 4.78 is 0. The molecule has 0 aromatic heterocycles. The Morgan fingerprint density at radius 3 is 2.82 bits per heavy atom. The number of hydrogen-bond donors (Lipinski definition) is 0. The van der Waals surface area contributed by atoms with Crippen molar-refractivity contribution in [3.63, 3.8) is 0 Å². The minimum atomic E-state index is 0.0196. The molecule has 57 valence electrons. The Hall–Kier alpha value is -0.820. The van der Waals surface area contributed by atoms with Gasteiger partial charge in [0.2, 0.25) is 0 Å². The van der Waals surface area contributed by atoms with Crippen molar-refractivity contribution < 1.29 is 0 Å². The van der Waals surface area contributed by atoms with Gasteiger partial charge in [0.05, 0.1) is 0 Å². The number of benzene rings is 1. The third-order valence-electron chi connectivity index (χ3n) is 2.50. The van der Waals surface area contributed by atoms with E-state index in [1.807, 2.05) is 6.07 Å². The predicted molar refractivity (Wildman–Crippen MR) is 45.1 cm³/mol. The summed E-state index contributed by atoms with van der Waals surface area (Å²) in [7, 11) is 0. The second kappa shape index (κ2) is 2.35. The fraction of sp³-hybridized carbons (Fsp3) is 0.400. The van der Waals surface area contributed by atoms with Gasteiger partial charge in [-0.1, -0.05) is 31.2 Å². The van der Waals surface area contributed by atoms with E-state index in [9.17, 15) is 0 Å². The quantitative estimate of drug-likeness (QED) is 0.536. The zero-order valence-corrected chi connectivity index (χ0v) is 6.67. The van der Waals surface area contributed by atoms with Gasteiger partial charge in [-0.05, 0) is 23.5 Å². The first kappa shape index (κ1) is 6.86. The molecule has 0 heterocycles. The minimum Gasteiger partial charge on any atom is -0.249 e. The van der Waals surface area contributed by atoms with Crippen LogP contribution in [0, 0.1) is 5.92 Å². The minimum absolute atomic E-state index is 0.0196. The van der Waals surface area contributed by atoms with Crippen molar-refractivity contribution in [2.75, 3.05) is 0 Å². The van der Waals surface area contributed by atoms with E-state index < -0.39 is 0 Å². The molecule has 0 fully saturated rings. The van der Waals surface area contributed by atoms with Gasteiger partial charge in [-0.2, -0.15) is 0 Å². The maximum atomic E-state index is 7.82. The van der Waals surface area contributed by atoms with Crippen LogP contribution >= 0.6 is 0 Å². The van der Waals surface area contributed by atoms with Crippen LogP contribution in [0.3, 0.4) is 0 Å². The molecule has 1 radical (unpaired) electrons. The Labute approximate surface area is 67.2 Å². The molecule has 0 amide bonds. The normalized spacial score (nSPS) is 28.5. The van der Waals surface area contributed by atoms with E-state index >= 15 is 0 Å². The lowest BCUT2D eigenvalue weighted by atomic mass is 10.0. The summed E-state index contributed by atoms with van der Waals surface area (Å²) in [5.74, 6) is 0.507. The van der Waals surface area contributed by atoms with Gasteiger partial charge in [0.1, 0.15) is 0 Å².